The molecule has 1 aromatic rings. The lowest BCUT2D eigenvalue weighted by Gasteiger charge is -2.08. The number of hydrogen-bond donors (Lipinski definition) is 1. The number of carbonyl (C=O) groups excluding carboxylic acids is 1. The lowest BCUT2D eigenvalue weighted by Crippen LogP contribution is -2.33. The van der Waals surface area contributed by atoms with E-state index in [0.717, 1.165) is 18.2 Å². The van der Waals surface area contributed by atoms with Crippen molar-refractivity contribution in [2.45, 2.75) is 6.18 Å². The van der Waals surface area contributed by atoms with E-state index >= 15 is 0 Å². The van der Waals surface area contributed by atoms with E-state index in [4.69, 9.17) is 0 Å². The molecule has 1 aromatic carbocycles. The zero-order chi connectivity index (χ0) is 13.1. The van der Waals surface area contributed by atoms with Crippen LogP contribution < -0.4 is 5.32 Å². The van der Waals surface area contributed by atoms with Crippen molar-refractivity contribution in [2.75, 3.05) is 13.1 Å². The molecule has 1 rings (SSSR count). The van der Waals surface area contributed by atoms with Gasteiger partial charge in [0.2, 0.25) is 0 Å². The molecule has 0 atom stereocenters. The van der Waals surface area contributed by atoms with Crippen LogP contribution in [0.15, 0.2) is 18.2 Å². The van der Waals surface area contributed by atoms with E-state index < -0.39 is 42.2 Å². The van der Waals surface area contributed by atoms with Crippen LogP contribution in [-0.4, -0.2) is 25.0 Å². The number of nitrogens with one attached hydrogen (secondary N) is 1. The minimum atomic E-state index is -4.46. The first-order valence-corrected chi connectivity index (χ1v) is 4.56. The number of carbonyl (C=O) groups is 1. The van der Waals surface area contributed by atoms with E-state index in [9.17, 15) is 26.7 Å². The van der Waals surface area contributed by atoms with Crippen LogP contribution in [0.1, 0.15) is 10.4 Å². The van der Waals surface area contributed by atoms with Crippen molar-refractivity contribution in [1.29, 1.82) is 0 Å². The monoisotopic (exact) mass is 253 g/mol. The van der Waals surface area contributed by atoms with E-state index in [-0.39, 0.29) is 0 Å². The van der Waals surface area contributed by atoms with Crippen molar-refractivity contribution in [3.63, 3.8) is 0 Å². The maximum Gasteiger partial charge on any atom is 0.401 e. The Labute approximate surface area is 93.4 Å². The Kier molecular flexibility index (Phi) is 4.17. The Bertz CT molecular complexity index is 416. The molecule has 0 amide bonds. The minimum Gasteiger partial charge on any atom is -0.302 e. The standard InChI is InChI=1S/C10H8F5NO/c11-7-3-1-2-6(9(7)12)8(17)4-16-5-10(13,14)15/h1-3,16H,4-5H2. The Balaban J connectivity index is 2.62. The molecule has 0 fully saturated rings. The first-order chi connectivity index (χ1) is 7.81. The van der Waals surface area contributed by atoms with Gasteiger partial charge in [0.25, 0.3) is 0 Å². The second-order valence-corrected chi connectivity index (χ2v) is 3.24. The van der Waals surface area contributed by atoms with E-state index in [0.29, 0.717) is 0 Å². The van der Waals surface area contributed by atoms with Crippen LogP contribution in [0, 0.1) is 11.6 Å². The third kappa shape index (κ3) is 4.10. The van der Waals surface area contributed by atoms with Gasteiger partial charge in [0.15, 0.2) is 17.4 Å². The predicted molar refractivity (Wildman–Crippen MR) is 49.6 cm³/mol. The van der Waals surface area contributed by atoms with E-state index in [1.54, 1.807) is 5.32 Å². The van der Waals surface area contributed by atoms with Crippen molar-refractivity contribution in [2.24, 2.45) is 0 Å². The molecule has 7 heteroatoms. The number of rotatable bonds is 4. The van der Waals surface area contributed by atoms with Crippen molar-refractivity contribution in [1.82, 2.24) is 5.32 Å². The summed E-state index contributed by atoms with van der Waals surface area (Å²) in [7, 11) is 0. The van der Waals surface area contributed by atoms with Gasteiger partial charge in [-0.1, -0.05) is 6.07 Å². The normalized spacial score (nSPS) is 11.6. The molecule has 17 heavy (non-hydrogen) atoms. The molecule has 0 aliphatic heterocycles. The minimum absolute atomic E-state index is 0.570. The van der Waals surface area contributed by atoms with Gasteiger partial charge in [0, 0.05) is 0 Å². The molecule has 0 saturated carbocycles. The van der Waals surface area contributed by atoms with E-state index in [2.05, 4.69) is 0 Å². The Hall–Kier alpha value is -1.50. The highest BCUT2D eigenvalue weighted by atomic mass is 19.4. The van der Waals surface area contributed by atoms with E-state index in [1.165, 1.54) is 0 Å². The molecule has 0 heterocycles. The third-order valence-corrected chi connectivity index (χ3v) is 1.86. The first kappa shape index (κ1) is 13.6. The van der Waals surface area contributed by atoms with Crippen LogP contribution in [-0.2, 0) is 0 Å². The van der Waals surface area contributed by atoms with Gasteiger partial charge in [-0.3, -0.25) is 4.79 Å². The van der Waals surface area contributed by atoms with Gasteiger partial charge in [-0.2, -0.15) is 13.2 Å². The fraction of sp³-hybridized carbons (Fsp3) is 0.300. The summed E-state index contributed by atoms with van der Waals surface area (Å²) < 4.78 is 61.0. The molecule has 94 valence electrons. The zero-order valence-electron chi connectivity index (χ0n) is 8.44. The summed E-state index contributed by atoms with van der Waals surface area (Å²) in [4.78, 5) is 11.3. The van der Waals surface area contributed by atoms with Gasteiger partial charge in [-0.05, 0) is 12.1 Å². The van der Waals surface area contributed by atoms with Gasteiger partial charge in [0.1, 0.15) is 0 Å². The summed E-state index contributed by atoms with van der Waals surface area (Å²) in [5, 5.41) is 1.81. The highest BCUT2D eigenvalue weighted by Gasteiger charge is 2.27. The topological polar surface area (TPSA) is 29.1 Å². The fourth-order valence-corrected chi connectivity index (χ4v) is 1.13. The van der Waals surface area contributed by atoms with E-state index in [1.807, 2.05) is 0 Å². The van der Waals surface area contributed by atoms with Crippen LogP contribution in [0.2, 0.25) is 0 Å². The molecule has 0 aromatic heterocycles. The molecule has 0 radical (unpaired) electrons. The van der Waals surface area contributed by atoms with Crippen molar-refractivity contribution < 1.29 is 26.7 Å². The van der Waals surface area contributed by atoms with Crippen LogP contribution >= 0.6 is 0 Å². The van der Waals surface area contributed by atoms with Crippen LogP contribution in [0.25, 0.3) is 0 Å². The molecule has 0 aliphatic rings. The predicted octanol–water partition coefficient (Wildman–Crippen LogP) is 2.30. The smallest absolute Gasteiger partial charge is 0.302 e. The third-order valence-electron chi connectivity index (χ3n) is 1.86. The van der Waals surface area contributed by atoms with Crippen molar-refractivity contribution >= 4 is 5.78 Å². The number of Topliss-reactive ketones (excluding diaryl/α,β-unsaturated/α-hetero) is 1. The number of benzene rings is 1. The SMILES string of the molecule is O=C(CNCC(F)(F)F)c1cccc(F)c1F. The second-order valence-electron chi connectivity index (χ2n) is 3.24. The van der Waals surface area contributed by atoms with Crippen molar-refractivity contribution in [3.8, 4) is 0 Å². The summed E-state index contributed by atoms with van der Waals surface area (Å²) in [5.74, 6) is -3.51. The number of alkyl halides is 3. The quantitative estimate of drug-likeness (QED) is 0.659. The molecule has 0 aliphatic carbocycles. The summed E-state index contributed by atoms with van der Waals surface area (Å²) in [6.07, 6.45) is -4.46. The van der Waals surface area contributed by atoms with Crippen LogP contribution in [0.3, 0.4) is 0 Å². The number of hydrogen-bond acceptors (Lipinski definition) is 2. The van der Waals surface area contributed by atoms with Gasteiger partial charge in [-0.25, -0.2) is 8.78 Å². The molecule has 1 N–H and O–H groups in total. The summed E-state index contributed by atoms with van der Waals surface area (Å²) in [5.41, 5.74) is -0.570. The number of halogens is 5. The average Bonchev–Trinajstić information content (AvgIpc) is 2.20. The lowest BCUT2D eigenvalue weighted by molar-refractivity contribution is -0.124. The van der Waals surface area contributed by atoms with Gasteiger partial charge >= 0.3 is 6.18 Å². The van der Waals surface area contributed by atoms with Gasteiger partial charge in [-0.15, -0.1) is 0 Å². The first-order valence-electron chi connectivity index (χ1n) is 4.56. The summed E-state index contributed by atoms with van der Waals surface area (Å²) in [6, 6.07) is 2.93. The average molecular weight is 253 g/mol. The molecule has 0 bridgehead atoms. The molecule has 2 nitrogen and oxygen atoms in total. The molecule has 0 spiro atoms. The maximum atomic E-state index is 13.1. The Morgan fingerprint density at radius 3 is 2.47 bits per heavy atom. The second kappa shape index (κ2) is 5.22. The lowest BCUT2D eigenvalue weighted by atomic mass is 10.1. The Morgan fingerprint density at radius 2 is 1.88 bits per heavy atom. The molecule has 0 unspecified atom stereocenters. The fourth-order valence-electron chi connectivity index (χ4n) is 1.13. The maximum absolute atomic E-state index is 13.1. The zero-order valence-corrected chi connectivity index (χ0v) is 8.44. The van der Waals surface area contributed by atoms with Crippen LogP contribution in [0.4, 0.5) is 22.0 Å². The molecular formula is C10H8F5NO. The van der Waals surface area contributed by atoms with Gasteiger partial charge < -0.3 is 5.32 Å². The highest BCUT2D eigenvalue weighted by molar-refractivity contribution is 5.97. The molecular weight excluding hydrogens is 245 g/mol. The molecule has 0 saturated heterocycles. The largest absolute Gasteiger partial charge is 0.401 e. The van der Waals surface area contributed by atoms with Crippen LogP contribution in [0.5, 0.6) is 0 Å². The Morgan fingerprint density at radius 1 is 1.24 bits per heavy atom. The summed E-state index contributed by atoms with van der Waals surface area (Å²) >= 11 is 0. The highest BCUT2D eigenvalue weighted by Crippen LogP contribution is 2.13. The summed E-state index contributed by atoms with van der Waals surface area (Å²) in [6.45, 7) is -2.07. The number of ketones is 1. The van der Waals surface area contributed by atoms with Gasteiger partial charge in [0.05, 0.1) is 18.7 Å². The van der Waals surface area contributed by atoms with Crippen molar-refractivity contribution in [3.05, 3.63) is 35.4 Å².